The summed E-state index contributed by atoms with van der Waals surface area (Å²) >= 11 is 0. The minimum absolute atomic E-state index is 0.0418. The maximum Gasteiger partial charge on any atom is 0.262 e. The van der Waals surface area contributed by atoms with Crippen LogP contribution >= 0.6 is 0 Å². The highest BCUT2D eigenvalue weighted by atomic mass is 16.5. The molecule has 0 saturated heterocycles. The summed E-state index contributed by atoms with van der Waals surface area (Å²) in [5, 5.41) is 19.6. The summed E-state index contributed by atoms with van der Waals surface area (Å²) in [4.78, 5) is 12.4. The molecule has 1 aromatic heterocycles. The van der Waals surface area contributed by atoms with E-state index in [1.54, 1.807) is 12.1 Å². The van der Waals surface area contributed by atoms with Crippen LogP contribution in [-0.2, 0) is 4.79 Å². The number of hydrogen-bond donors (Lipinski definition) is 3. The predicted octanol–water partition coefficient (Wildman–Crippen LogP) is 3.88. The van der Waals surface area contributed by atoms with Gasteiger partial charge in [-0.3, -0.25) is 9.89 Å². The number of carbonyl (C=O) groups is 1. The highest BCUT2D eigenvalue weighted by molar-refractivity contribution is 5.93. The lowest BCUT2D eigenvalue weighted by atomic mass is 9.84. The fraction of sp³-hybridized carbons (Fsp3) is 0.240. The third kappa shape index (κ3) is 4.26. The van der Waals surface area contributed by atoms with E-state index in [-0.39, 0.29) is 18.4 Å². The zero-order valence-electron chi connectivity index (χ0n) is 18.9. The first-order valence-corrected chi connectivity index (χ1v) is 10.5. The molecule has 8 heteroatoms. The molecule has 33 heavy (non-hydrogen) atoms. The summed E-state index contributed by atoms with van der Waals surface area (Å²) in [5.74, 6) is 0.313. The minimum atomic E-state index is -0.401. The van der Waals surface area contributed by atoms with Crippen LogP contribution in [0, 0.1) is 39.0 Å². The Morgan fingerprint density at radius 1 is 1.21 bits per heavy atom. The van der Waals surface area contributed by atoms with E-state index >= 15 is 0 Å². The van der Waals surface area contributed by atoms with Crippen LogP contribution in [0.4, 0.5) is 5.69 Å². The van der Waals surface area contributed by atoms with E-state index in [4.69, 9.17) is 15.2 Å². The summed E-state index contributed by atoms with van der Waals surface area (Å²) in [6, 6.07) is 13.4. The largest absolute Gasteiger partial charge is 0.484 e. The quantitative estimate of drug-likeness (QED) is 0.549. The lowest BCUT2D eigenvalue weighted by Crippen LogP contribution is -2.21. The molecule has 4 N–H and O–H groups in total. The van der Waals surface area contributed by atoms with Gasteiger partial charge in [0.05, 0.1) is 5.92 Å². The van der Waals surface area contributed by atoms with E-state index in [0.29, 0.717) is 17.2 Å². The number of benzene rings is 2. The van der Waals surface area contributed by atoms with Crippen molar-refractivity contribution in [1.82, 2.24) is 10.2 Å². The third-order valence-corrected chi connectivity index (χ3v) is 5.65. The van der Waals surface area contributed by atoms with Gasteiger partial charge in [0.25, 0.3) is 5.91 Å². The standard InChI is InChI=1S/C25H25N5O3/c1-13-9-14(2)23(15(3)10-13)28-20(31)12-32-18-7-5-17(6-8-18)22-19(11-26)24(27)33-25-21(22)16(4)29-30-25/h5-10,22H,12,27H2,1-4H3,(H,28,31)(H,29,30). The number of nitrogens with one attached hydrogen (secondary N) is 2. The van der Waals surface area contributed by atoms with Crippen molar-refractivity contribution in [2.75, 3.05) is 11.9 Å². The fourth-order valence-corrected chi connectivity index (χ4v) is 4.19. The van der Waals surface area contributed by atoms with Crippen LogP contribution < -0.4 is 20.5 Å². The Kier molecular flexibility index (Phi) is 5.80. The van der Waals surface area contributed by atoms with Gasteiger partial charge in [-0.1, -0.05) is 29.8 Å². The van der Waals surface area contributed by atoms with Crippen molar-refractivity contribution < 1.29 is 14.3 Å². The van der Waals surface area contributed by atoms with Gasteiger partial charge in [-0.25, -0.2) is 0 Å². The Morgan fingerprint density at radius 2 is 1.88 bits per heavy atom. The SMILES string of the molecule is Cc1cc(C)c(NC(=O)COc2ccc(C3C(C#N)=C(N)Oc4n[nH]c(C)c43)cc2)c(C)c1. The Labute approximate surface area is 192 Å². The molecule has 2 heterocycles. The van der Waals surface area contributed by atoms with Crippen LogP contribution in [0.3, 0.4) is 0 Å². The van der Waals surface area contributed by atoms with Crippen molar-refractivity contribution >= 4 is 11.6 Å². The number of nitriles is 1. The molecule has 0 bridgehead atoms. The number of ether oxygens (including phenoxy) is 2. The van der Waals surface area contributed by atoms with E-state index < -0.39 is 5.92 Å². The zero-order valence-corrected chi connectivity index (χ0v) is 18.9. The molecular weight excluding hydrogens is 418 g/mol. The number of nitrogens with zero attached hydrogens (tertiary/aromatic N) is 2. The predicted molar refractivity (Wildman–Crippen MR) is 124 cm³/mol. The van der Waals surface area contributed by atoms with Crippen molar-refractivity contribution in [1.29, 1.82) is 5.26 Å². The molecule has 4 rings (SSSR count). The van der Waals surface area contributed by atoms with Crippen molar-refractivity contribution in [3.05, 3.63) is 81.4 Å². The lowest BCUT2D eigenvalue weighted by molar-refractivity contribution is -0.118. The molecule has 8 nitrogen and oxygen atoms in total. The normalized spacial score (nSPS) is 14.8. The number of aromatic nitrogens is 2. The number of amides is 1. The van der Waals surface area contributed by atoms with Gasteiger partial charge in [0, 0.05) is 16.9 Å². The Balaban J connectivity index is 1.48. The van der Waals surface area contributed by atoms with Crippen LogP contribution in [-0.4, -0.2) is 22.7 Å². The van der Waals surface area contributed by atoms with Crippen molar-refractivity contribution in [3.8, 4) is 17.7 Å². The number of aromatic amines is 1. The summed E-state index contributed by atoms with van der Waals surface area (Å²) in [7, 11) is 0. The van der Waals surface area contributed by atoms with E-state index in [9.17, 15) is 10.1 Å². The molecule has 0 fully saturated rings. The van der Waals surface area contributed by atoms with Gasteiger partial charge in [-0.15, -0.1) is 5.10 Å². The number of rotatable bonds is 5. The Hall–Kier alpha value is -4.25. The van der Waals surface area contributed by atoms with E-state index in [2.05, 4.69) is 21.6 Å². The maximum absolute atomic E-state index is 12.4. The second-order valence-electron chi connectivity index (χ2n) is 8.17. The van der Waals surface area contributed by atoms with Crippen molar-refractivity contribution in [2.24, 2.45) is 5.73 Å². The average molecular weight is 444 g/mol. The Morgan fingerprint density at radius 3 is 2.52 bits per heavy atom. The number of hydrogen-bond acceptors (Lipinski definition) is 6. The van der Waals surface area contributed by atoms with Crippen LogP contribution in [0.15, 0.2) is 47.9 Å². The van der Waals surface area contributed by atoms with Crippen LogP contribution in [0.5, 0.6) is 11.6 Å². The van der Waals surface area contributed by atoms with Gasteiger partial charge in [-0.2, -0.15) is 5.26 Å². The molecule has 1 amide bonds. The zero-order chi connectivity index (χ0) is 23.7. The average Bonchev–Trinajstić information content (AvgIpc) is 3.14. The number of aryl methyl sites for hydroxylation is 4. The van der Waals surface area contributed by atoms with E-state index in [1.807, 2.05) is 52.0 Å². The van der Waals surface area contributed by atoms with Gasteiger partial charge in [0.1, 0.15) is 17.4 Å². The molecule has 1 aliphatic heterocycles. The highest BCUT2D eigenvalue weighted by Gasteiger charge is 2.34. The fourth-order valence-electron chi connectivity index (χ4n) is 4.19. The first-order chi connectivity index (χ1) is 15.8. The topological polar surface area (TPSA) is 126 Å². The lowest BCUT2D eigenvalue weighted by Gasteiger charge is -2.23. The van der Waals surface area contributed by atoms with E-state index in [0.717, 1.165) is 39.2 Å². The number of H-pyrrole nitrogens is 1. The summed E-state index contributed by atoms with van der Waals surface area (Å²) in [5.41, 5.74) is 12.7. The number of fused-ring (bicyclic) bond motifs is 1. The van der Waals surface area contributed by atoms with Gasteiger partial charge in [-0.05, 0) is 56.5 Å². The van der Waals surface area contributed by atoms with Gasteiger partial charge in [0.2, 0.25) is 11.8 Å². The van der Waals surface area contributed by atoms with Crippen molar-refractivity contribution in [3.63, 3.8) is 0 Å². The van der Waals surface area contributed by atoms with Crippen molar-refractivity contribution in [2.45, 2.75) is 33.6 Å². The van der Waals surface area contributed by atoms with Gasteiger partial charge < -0.3 is 20.5 Å². The summed E-state index contributed by atoms with van der Waals surface area (Å²) < 4.78 is 11.2. The van der Waals surface area contributed by atoms with Gasteiger partial charge in [0.15, 0.2) is 6.61 Å². The first-order valence-electron chi connectivity index (χ1n) is 10.5. The number of anilines is 1. The monoisotopic (exact) mass is 443 g/mol. The number of carbonyl (C=O) groups excluding carboxylic acids is 1. The number of nitrogens with two attached hydrogens (primary N) is 1. The molecule has 1 aliphatic rings. The molecule has 0 spiro atoms. The van der Waals surface area contributed by atoms with Crippen LogP contribution in [0.1, 0.15) is 39.4 Å². The smallest absolute Gasteiger partial charge is 0.262 e. The molecule has 168 valence electrons. The van der Waals surface area contributed by atoms with E-state index in [1.165, 1.54) is 0 Å². The number of allylic oxidation sites excluding steroid dienone is 1. The second-order valence-corrected chi connectivity index (χ2v) is 8.17. The van der Waals surface area contributed by atoms with Crippen LogP contribution in [0.2, 0.25) is 0 Å². The molecule has 0 saturated carbocycles. The molecule has 0 aliphatic carbocycles. The van der Waals surface area contributed by atoms with Gasteiger partial charge >= 0.3 is 0 Å². The molecule has 1 atom stereocenters. The molecule has 2 aromatic carbocycles. The molecule has 3 aromatic rings. The molecule has 0 radical (unpaired) electrons. The maximum atomic E-state index is 12.4. The van der Waals surface area contributed by atoms with Crippen LogP contribution in [0.25, 0.3) is 0 Å². The third-order valence-electron chi connectivity index (χ3n) is 5.65. The second kappa shape index (κ2) is 8.71. The molecule has 1 unspecified atom stereocenters. The highest BCUT2D eigenvalue weighted by Crippen LogP contribution is 2.42. The molecular formula is C25H25N5O3. The minimum Gasteiger partial charge on any atom is -0.484 e. The summed E-state index contributed by atoms with van der Waals surface area (Å²) in [6.45, 7) is 7.71. The first kappa shape index (κ1) is 22.0. The summed E-state index contributed by atoms with van der Waals surface area (Å²) in [6.07, 6.45) is 0. The Bertz CT molecular complexity index is 1280.